The molecule has 1 atom stereocenters. The summed E-state index contributed by atoms with van der Waals surface area (Å²) < 4.78 is 46.3. The van der Waals surface area contributed by atoms with E-state index in [0.29, 0.717) is 31.2 Å². The second-order valence-corrected chi connectivity index (χ2v) is 10.8. The maximum atomic E-state index is 15.5. The molecule has 4 aromatic rings. The average Bonchev–Trinajstić information content (AvgIpc) is 3.85. The summed E-state index contributed by atoms with van der Waals surface area (Å²) in [6.45, 7) is 5.53. The first-order valence-electron chi connectivity index (χ1n) is 14.2. The number of fused-ring (bicyclic) bond motifs is 1. The fraction of sp³-hybridized carbons (Fsp3) is 0.323. The number of hydrogen-bond acceptors (Lipinski definition) is 9. The first-order valence-corrected chi connectivity index (χ1v) is 14.2. The predicted molar refractivity (Wildman–Crippen MR) is 156 cm³/mol. The quantitative estimate of drug-likeness (QED) is 0.265. The Balaban J connectivity index is 1.22. The van der Waals surface area contributed by atoms with E-state index in [4.69, 9.17) is 19.9 Å². The van der Waals surface area contributed by atoms with Gasteiger partial charge in [0, 0.05) is 43.1 Å². The predicted octanol–water partition coefficient (Wildman–Crippen LogP) is 4.13. The van der Waals surface area contributed by atoms with Gasteiger partial charge in [0.25, 0.3) is 0 Å². The summed E-state index contributed by atoms with van der Waals surface area (Å²) in [5.74, 6) is -2.32. The van der Waals surface area contributed by atoms with Gasteiger partial charge in [0.15, 0.2) is 28.5 Å². The van der Waals surface area contributed by atoms with Crippen LogP contribution in [0.2, 0.25) is 0 Å². The average molecular weight is 605 g/mol. The lowest BCUT2D eigenvalue weighted by atomic mass is 10.0. The van der Waals surface area contributed by atoms with Gasteiger partial charge >= 0.3 is 0 Å². The van der Waals surface area contributed by atoms with E-state index in [0.717, 1.165) is 19.2 Å². The minimum atomic E-state index is -1.39. The smallest absolute Gasteiger partial charge is 0.247 e. The van der Waals surface area contributed by atoms with Crippen LogP contribution < -0.4 is 20.1 Å². The number of pyridine rings is 1. The number of nitrogens with zero attached hydrogens (tertiary/aromatic N) is 5. The molecule has 2 aromatic heterocycles. The number of benzene rings is 2. The van der Waals surface area contributed by atoms with Gasteiger partial charge in [-0.2, -0.15) is 4.98 Å². The number of carbonyl (C=O) groups excluding carboxylic acids is 2. The fourth-order valence-corrected chi connectivity index (χ4v) is 5.07. The first kappa shape index (κ1) is 29.3. The standard InChI is InChI=1S/C31H30F2N6O5/c1-19(38-12-14-42-15-13-38)18-43-26-17-36-27-25(8-11-35-28(27)37-26)44-24-7-6-22(16-23(24)33)39(21-4-2-20(32)3-5-21)30(41)31(9-10-31)29(34)40/h2-8,11,16-17,19H,9-10,12-15,18H2,1H3,(H2,34,40). The van der Waals surface area contributed by atoms with E-state index < -0.39 is 28.9 Å². The summed E-state index contributed by atoms with van der Waals surface area (Å²) in [5.41, 5.74) is 5.07. The Labute approximate surface area is 251 Å². The zero-order valence-electron chi connectivity index (χ0n) is 23.9. The molecule has 2 aromatic carbocycles. The molecule has 1 unspecified atom stereocenters. The van der Waals surface area contributed by atoms with E-state index in [-0.39, 0.29) is 47.4 Å². The van der Waals surface area contributed by atoms with E-state index in [1.54, 1.807) is 0 Å². The van der Waals surface area contributed by atoms with Gasteiger partial charge in [0.2, 0.25) is 17.7 Å². The monoisotopic (exact) mass is 604 g/mol. The second-order valence-electron chi connectivity index (χ2n) is 10.8. The van der Waals surface area contributed by atoms with E-state index >= 15 is 4.39 Å². The highest BCUT2D eigenvalue weighted by atomic mass is 19.1. The largest absolute Gasteiger partial charge is 0.475 e. The second kappa shape index (κ2) is 12.1. The van der Waals surface area contributed by atoms with Crippen molar-refractivity contribution in [3.63, 3.8) is 0 Å². The molecule has 1 saturated carbocycles. The Morgan fingerprint density at radius 2 is 1.77 bits per heavy atom. The molecule has 2 N–H and O–H groups in total. The van der Waals surface area contributed by atoms with Crippen molar-refractivity contribution >= 4 is 34.4 Å². The Kier molecular flexibility index (Phi) is 8.06. The van der Waals surface area contributed by atoms with Gasteiger partial charge in [-0.15, -0.1) is 0 Å². The van der Waals surface area contributed by atoms with Crippen LogP contribution in [0.1, 0.15) is 19.8 Å². The summed E-state index contributed by atoms with van der Waals surface area (Å²) in [6.07, 6.45) is 3.48. The SMILES string of the molecule is CC(COc1cnc2c(Oc3ccc(N(C(=O)C4(C(N)=O)CC4)c4ccc(F)cc4)cc3F)ccnc2n1)N1CCOCC1. The number of nitrogens with two attached hydrogens (primary N) is 1. The number of hydrogen-bond donors (Lipinski definition) is 1. The molecule has 3 heterocycles. The zero-order chi connectivity index (χ0) is 30.8. The molecule has 2 amide bonds. The van der Waals surface area contributed by atoms with Crippen molar-refractivity contribution in [1.29, 1.82) is 0 Å². The van der Waals surface area contributed by atoms with Gasteiger partial charge in [-0.3, -0.25) is 19.4 Å². The third kappa shape index (κ3) is 5.88. The number of rotatable bonds is 10. The number of morpholine rings is 1. The van der Waals surface area contributed by atoms with Gasteiger partial charge in [-0.1, -0.05) is 0 Å². The Morgan fingerprint density at radius 3 is 2.45 bits per heavy atom. The Bertz CT molecular complexity index is 1700. The molecule has 0 radical (unpaired) electrons. The van der Waals surface area contributed by atoms with Crippen molar-refractivity contribution in [2.24, 2.45) is 11.1 Å². The van der Waals surface area contributed by atoms with Gasteiger partial charge in [-0.05, 0) is 56.2 Å². The molecule has 0 bridgehead atoms. The molecule has 11 nitrogen and oxygen atoms in total. The van der Waals surface area contributed by atoms with Crippen LogP contribution in [0.3, 0.4) is 0 Å². The lowest BCUT2D eigenvalue weighted by Crippen LogP contribution is -2.44. The maximum Gasteiger partial charge on any atom is 0.247 e. The highest BCUT2D eigenvalue weighted by molar-refractivity contribution is 6.16. The molecule has 1 saturated heterocycles. The topological polar surface area (TPSA) is 133 Å². The van der Waals surface area contributed by atoms with Crippen molar-refractivity contribution in [3.8, 4) is 17.4 Å². The van der Waals surface area contributed by atoms with Crippen molar-refractivity contribution in [2.45, 2.75) is 25.8 Å². The fourth-order valence-electron chi connectivity index (χ4n) is 5.07. The van der Waals surface area contributed by atoms with Crippen LogP contribution in [-0.2, 0) is 14.3 Å². The summed E-state index contributed by atoms with van der Waals surface area (Å²) in [4.78, 5) is 42.2. The number of ether oxygens (including phenoxy) is 3. The maximum absolute atomic E-state index is 15.5. The number of carbonyl (C=O) groups is 2. The van der Waals surface area contributed by atoms with Gasteiger partial charge in [-0.25, -0.2) is 18.7 Å². The number of aromatic nitrogens is 3. The van der Waals surface area contributed by atoms with Crippen LogP contribution in [0.25, 0.3) is 11.2 Å². The van der Waals surface area contributed by atoms with E-state index in [1.165, 1.54) is 59.8 Å². The molecule has 6 rings (SSSR count). The third-order valence-electron chi connectivity index (χ3n) is 7.84. The van der Waals surface area contributed by atoms with Crippen LogP contribution in [0.4, 0.5) is 20.2 Å². The van der Waals surface area contributed by atoms with Crippen LogP contribution in [0, 0.1) is 17.0 Å². The summed E-state index contributed by atoms with van der Waals surface area (Å²) in [7, 11) is 0. The lowest BCUT2D eigenvalue weighted by Gasteiger charge is -2.31. The molecule has 0 spiro atoms. The Morgan fingerprint density at radius 1 is 1.05 bits per heavy atom. The lowest BCUT2D eigenvalue weighted by molar-refractivity contribution is -0.133. The molecular formula is C31H30F2N6O5. The van der Waals surface area contributed by atoms with Crippen molar-refractivity contribution < 1.29 is 32.6 Å². The molecular weight excluding hydrogens is 574 g/mol. The number of amides is 2. The number of primary amides is 1. The minimum Gasteiger partial charge on any atom is -0.475 e. The zero-order valence-corrected chi connectivity index (χ0v) is 23.9. The summed E-state index contributed by atoms with van der Waals surface area (Å²) in [6, 6.07) is 10.7. The van der Waals surface area contributed by atoms with E-state index in [1.807, 2.05) is 0 Å². The van der Waals surface area contributed by atoms with E-state index in [2.05, 4.69) is 26.8 Å². The molecule has 2 fully saturated rings. The number of halogens is 2. The van der Waals surface area contributed by atoms with Gasteiger partial charge in [0.1, 0.15) is 17.8 Å². The van der Waals surface area contributed by atoms with E-state index in [9.17, 15) is 14.0 Å². The van der Waals surface area contributed by atoms with Crippen LogP contribution in [0.15, 0.2) is 60.9 Å². The van der Waals surface area contributed by atoms with Crippen molar-refractivity contribution in [2.75, 3.05) is 37.8 Å². The van der Waals surface area contributed by atoms with Gasteiger partial charge < -0.3 is 19.9 Å². The van der Waals surface area contributed by atoms with Crippen LogP contribution >= 0.6 is 0 Å². The molecule has 2 aliphatic rings. The normalized spacial score (nSPS) is 16.7. The number of anilines is 2. The first-order chi connectivity index (χ1) is 21.2. The summed E-state index contributed by atoms with van der Waals surface area (Å²) >= 11 is 0. The van der Waals surface area contributed by atoms with Crippen LogP contribution in [-0.4, -0.2) is 70.6 Å². The third-order valence-corrected chi connectivity index (χ3v) is 7.84. The van der Waals surface area contributed by atoms with Gasteiger partial charge in [0.05, 0.1) is 25.1 Å². The molecule has 228 valence electrons. The molecule has 1 aliphatic carbocycles. The van der Waals surface area contributed by atoms with Crippen LogP contribution in [0.5, 0.6) is 17.4 Å². The molecule has 1 aliphatic heterocycles. The minimum absolute atomic E-state index is 0.117. The molecule has 13 heteroatoms. The molecule has 44 heavy (non-hydrogen) atoms. The summed E-state index contributed by atoms with van der Waals surface area (Å²) in [5, 5.41) is 0. The highest BCUT2D eigenvalue weighted by Crippen LogP contribution is 2.49. The van der Waals surface area contributed by atoms with Crippen molar-refractivity contribution in [1.82, 2.24) is 19.9 Å². The Hall–Kier alpha value is -4.75. The highest BCUT2D eigenvalue weighted by Gasteiger charge is 2.57. The van der Waals surface area contributed by atoms with Crippen molar-refractivity contribution in [3.05, 3.63) is 72.6 Å².